The highest BCUT2D eigenvalue weighted by molar-refractivity contribution is 5.61. The van der Waals surface area contributed by atoms with Gasteiger partial charge in [-0.1, -0.05) is 0 Å². The third-order valence-electron chi connectivity index (χ3n) is 2.69. The molecule has 0 aliphatic rings. The Labute approximate surface area is 113 Å². The molecule has 0 heterocycles. The Kier molecular flexibility index (Phi) is 3.69. The van der Waals surface area contributed by atoms with E-state index >= 15 is 0 Å². The third kappa shape index (κ3) is 2.94. The molecule has 0 aromatic heterocycles. The first-order valence-corrected chi connectivity index (χ1v) is 5.66. The lowest BCUT2D eigenvalue weighted by Crippen LogP contribution is -2.03. The number of hydrogen-bond acceptors (Lipinski definition) is 5. The zero-order chi connectivity index (χ0) is 14.7. The molecule has 2 rings (SSSR count). The van der Waals surface area contributed by atoms with Gasteiger partial charge in [-0.25, -0.2) is 4.39 Å². The quantitative estimate of drug-likeness (QED) is 0.590. The highest BCUT2D eigenvalue weighted by Crippen LogP contribution is 2.27. The van der Waals surface area contributed by atoms with E-state index in [1.807, 2.05) is 0 Å². The first kappa shape index (κ1) is 13.6. The van der Waals surface area contributed by atoms with E-state index in [0.29, 0.717) is 5.56 Å². The van der Waals surface area contributed by atoms with Crippen LogP contribution in [-0.4, -0.2) is 15.1 Å². The highest BCUT2D eigenvalue weighted by Gasteiger charge is 2.14. The molecule has 0 aliphatic heterocycles. The molecule has 0 aliphatic carbocycles. The minimum absolute atomic E-state index is 0.0162. The van der Waals surface area contributed by atoms with Gasteiger partial charge in [0.2, 0.25) is 0 Å². The average molecular weight is 278 g/mol. The van der Waals surface area contributed by atoms with E-state index in [1.165, 1.54) is 12.1 Å². The lowest BCUT2D eigenvalue weighted by atomic mass is 10.2. The number of rotatable bonds is 4. The molecule has 0 amide bonds. The van der Waals surface area contributed by atoms with Gasteiger partial charge in [0.1, 0.15) is 23.0 Å². The molecule has 7 heteroatoms. The predicted molar refractivity (Wildman–Crippen MR) is 70.2 cm³/mol. The smallest absolute Gasteiger partial charge is 0.292 e. The predicted octanol–water partition coefficient (Wildman–Crippen LogP) is 2.76. The summed E-state index contributed by atoms with van der Waals surface area (Å²) in [6, 6.07) is 7.06. The maximum atomic E-state index is 13.1. The molecule has 0 fully saturated rings. The largest absolute Gasteiger partial charge is 0.508 e. The van der Waals surface area contributed by atoms with Gasteiger partial charge in [-0.2, -0.15) is 0 Å². The maximum Gasteiger partial charge on any atom is 0.292 e. The fourth-order valence-electron chi connectivity index (χ4n) is 1.70. The monoisotopic (exact) mass is 278 g/mol. The zero-order valence-electron chi connectivity index (χ0n) is 10.2. The summed E-state index contributed by atoms with van der Waals surface area (Å²) in [5.74, 6) is -0.854. The number of aromatic hydroxyl groups is 2. The maximum absolute atomic E-state index is 13.1. The van der Waals surface area contributed by atoms with Crippen LogP contribution in [0.2, 0.25) is 0 Å². The Morgan fingerprint density at radius 2 is 1.95 bits per heavy atom. The topological polar surface area (TPSA) is 95.6 Å². The van der Waals surface area contributed by atoms with E-state index in [0.717, 1.165) is 24.3 Å². The number of nitrogens with one attached hydrogen (secondary N) is 1. The van der Waals surface area contributed by atoms with Crippen LogP contribution in [0.5, 0.6) is 11.5 Å². The van der Waals surface area contributed by atoms with Crippen molar-refractivity contribution in [1.29, 1.82) is 0 Å². The molecule has 0 saturated heterocycles. The normalized spacial score (nSPS) is 10.2. The second-order valence-electron chi connectivity index (χ2n) is 4.09. The molecule has 3 N–H and O–H groups in total. The summed E-state index contributed by atoms with van der Waals surface area (Å²) in [6.45, 7) is 0.0520. The first-order valence-electron chi connectivity index (χ1n) is 5.66. The molecule has 0 atom stereocenters. The Hall–Kier alpha value is -2.83. The molecule has 2 aromatic rings. The summed E-state index contributed by atoms with van der Waals surface area (Å²) in [4.78, 5) is 10.2. The van der Waals surface area contributed by atoms with Crippen LogP contribution in [0.25, 0.3) is 0 Å². The van der Waals surface area contributed by atoms with Gasteiger partial charge in [-0.15, -0.1) is 0 Å². The minimum atomic E-state index is -0.627. The molecule has 0 spiro atoms. The van der Waals surface area contributed by atoms with E-state index in [1.54, 1.807) is 0 Å². The number of nitrogens with zero attached hydrogens (tertiary/aromatic N) is 1. The van der Waals surface area contributed by atoms with Gasteiger partial charge < -0.3 is 15.5 Å². The molecule has 104 valence electrons. The highest BCUT2D eigenvalue weighted by atomic mass is 19.1. The van der Waals surface area contributed by atoms with Gasteiger partial charge in [-0.3, -0.25) is 10.1 Å². The van der Waals surface area contributed by atoms with Crippen LogP contribution in [0.15, 0.2) is 36.4 Å². The molecule has 6 nitrogen and oxygen atoms in total. The van der Waals surface area contributed by atoms with Crippen molar-refractivity contribution in [3.63, 3.8) is 0 Å². The number of benzene rings is 2. The summed E-state index contributed by atoms with van der Waals surface area (Å²) in [6.07, 6.45) is 0. The second-order valence-corrected chi connectivity index (χ2v) is 4.09. The lowest BCUT2D eigenvalue weighted by molar-refractivity contribution is -0.384. The Balaban J connectivity index is 2.22. The van der Waals surface area contributed by atoms with Gasteiger partial charge in [0.15, 0.2) is 0 Å². The molecular formula is C13H11FN2O4. The molecular weight excluding hydrogens is 267 g/mol. The Bertz CT molecular complexity index is 661. The van der Waals surface area contributed by atoms with Crippen molar-refractivity contribution in [3.05, 3.63) is 57.9 Å². The molecule has 2 aromatic carbocycles. The standard InChI is InChI=1S/C13H11FN2O4/c14-9-2-4-12(16(19)20)11(5-9)15-7-8-1-3-10(17)6-13(8)18/h1-6,15,17-18H,7H2. The van der Waals surface area contributed by atoms with Crippen LogP contribution >= 0.6 is 0 Å². The van der Waals surface area contributed by atoms with Crippen LogP contribution in [-0.2, 0) is 6.54 Å². The Morgan fingerprint density at radius 1 is 1.20 bits per heavy atom. The van der Waals surface area contributed by atoms with Crippen molar-refractivity contribution in [3.8, 4) is 11.5 Å². The molecule has 0 radical (unpaired) electrons. The van der Waals surface area contributed by atoms with Crippen LogP contribution in [0.1, 0.15) is 5.56 Å². The minimum Gasteiger partial charge on any atom is -0.508 e. The van der Waals surface area contributed by atoms with Crippen LogP contribution in [0, 0.1) is 15.9 Å². The fourth-order valence-corrected chi connectivity index (χ4v) is 1.70. The summed E-state index contributed by atoms with van der Waals surface area (Å²) in [7, 11) is 0. The SMILES string of the molecule is O=[N+]([O-])c1ccc(F)cc1NCc1ccc(O)cc1O. The summed E-state index contributed by atoms with van der Waals surface area (Å²) < 4.78 is 13.1. The van der Waals surface area contributed by atoms with Crippen LogP contribution in [0.4, 0.5) is 15.8 Å². The Morgan fingerprint density at radius 3 is 2.60 bits per heavy atom. The number of anilines is 1. The van der Waals surface area contributed by atoms with E-state index in [2.05, 4.69) is 5.32 Å². The van der Waals surface area contributed by atoms with E-state index < -0.39 is 10.7 Å². The molecule has 0 saturated carbocycles. The number of phenolic OH excluding ortho intramolecular Hbond substituents is 2. The number of nitro groups is 1. The van der Waals surface area contributed by atoms with E-state index in [4.69, 9.17) is 5.11 Å². The van der Waals surface area contributed by atoms with Crippen molar-refractivity contribution in [2.45, 2.75) is 6.54 Å². The summed E-state index contributed by atoms with van der Waals surface area (Å²) >= 11 is 0. The van der Waals surface area contributed by atoms with Gasteiger partial charge in [-0.05, 0) is 18.2 Å². The van der Waals surface area contributed by atoms with Gasteiger partial charge >= 0.3 is 0 Å². The first-order chi connectivity index (χ1) is 9.47. The zero-order valence-corrected chi connectivity index (χ0v) is 10.2. The molecule has 0 bridgehead atoms. The average Bonchev–Trinajstić information content (AvgIpc) is 2.37. The number of halogens is 1. The van der Waals surface area contributed by atoms with E-state index in [-0.39, 0.29) is 29.4 Å². The van der Waals surface area contributed by atoms with Crippen molar-refractivity contribution in [1.82, 2.24) is 0 Å². The fraction of sp³-hybridized carbons (Fsp3) is 0.0769. The number of phenols is 2. The van der Waals surface area contributed by atoms with E-state index in [9.17, 15) is 19.6 Å². The van der Waals surface area contributed by atoms with Gasteiger partial charge in [0, 0.05) is 30.3 Å². The third-order valence-corrected chi connectivity index (χ3v) is 2.69. The molecule has 0 unspecified atom stereocenters. The molecule has 20 heavy (non-hydrogen) atoms. The summed E-state index contributed by atoms with van der Waals surface area (Å²) in [5, 5.41) is 32.3. The summed E-state index contributed by atoms with van der Waals surface area (Å²) in [5.41, 5.74) is 0.175. The number of hydrogen-bond donors (Lipinski definition) is 3. The van der Waals surface area contributed by atoms with Gasteiger partial charge in [0.05, 0.1) is 4.92 Å². The van der Waals surface area contributed by atoms with Crippen molar-refractivity contribution < 1.29 is 19.5 Å². The van der Waals surface area contributed by atoms with Crippen LogP contribution < -0.4 is 5.32 Å². The van der Waals surface area contributed by atoms with Crippen molar-refractivity contribution >= 4 is 11.4 Å². The van der Waals surface area contributed by atoms with Crippen molar-refractivity contribution in [2.24, 2.45) is 0 Å². The van der Waals surface area contributed by atoms with Gasteiger partial charge in [0.25, 0.3) is 5.69 Å². The second kappa shape index (κ2) is 5.43. The lowest BCUT2D eigenvalue weighted by Gasteiger charge is -2.09. The number of nitro benzene ring substituents is 1. The van der Waals surface area contributed by atoms with Crippen LogP contribution in [0.3, 0.4) is 0 Å². The van der Waals surface area contributed by atoms with Crippen molar-refractivity contribution in [2.75, 3.05) is 5.32 Å².